The van der Waals surface area contributed by atoms with Crippen molar-refractivity contribution in [3.63, 3.8) is 0 Å². The highest BCUT2D eigenvalue weighted by atomic mass is 16.5. The van der Waals surface area contributed by atoms with Crippen LogP contribution in [-0.2, 0) is 14.3 Å². The highest BCUT2D eigenvalue weighted by molar-refractivity contribution is 5.84. The van der Waals surface area contributed by atoms with Gasteiger partial charge in [-0.3, -0.25) is 4.79 Å². The van der Waals surface area contributed by atoms with Gasteiger partial charge in [-0.25, -0.2) is 9.59 Å². The van der Waals surface area contributed by atoms with E-state index in [-0.39, 0.29) is 37.8 Å². The molecule has 1 aliphatic heterocycles. The Kier molecular flexibility index (Phi) is 6.93. The van der Waals surface area contributed by atoms with Gasteiger partial charge in [-0.05, 0) is 35.1 Å². The summed E-state index contributed by atoms with van der Waals surface area (Å²) in [5, 5.41) is 21.6. The van der Waals surface area contributed by atoms with E-state index in [9.17, 15) is 24.6 Å². The zero-order valence-electron chi connectivity index (χ0n) is 18.3. The fraction of sp³-hybridized carbons (Fsp3) is 0.400. The molecular weight excluding hydrogens is 424 g/mol. The number of likely N-dealkylation sites (tertiary alicyclic amines) is 1. The highest BCUT2D eigenvalue weighted by Gasteiger charge is 2.38. The third-order valence-electron chi connectivity index (χ3n) is 6.31. The lowest BCUT2D eigenvalue weighted by Gasteiger charge is -2.21. The van der Waals surface area contributed by atoms with Crippen molar-refractivity contribution in [3.05, 3.63) is 59.7 Å². The second kappa shape index (κ2) is 10.0. The first kappa shape index (κ1) is 22.8. The van der Waals surface area contributed by atoms with Crippen molar-refractivity contribution in [2.24, 2.45) is 0 Å². The molecule has 2 amide bonds. The number of aliphatic hydroxyl groups excluding tert-OH is 1. The van der Waals surface area contributed by atoms with Crippen LogP contribution in [0.15, 0.2) is 48.5 Å². The highest BCUT2D eigenvalue weighted by Crippen LogP contribution is 2.44. The largest absolute Gasteiger partial charge is 0.480 e. The topological polar surface area (TPSA) is 116 Å². The zero-order valence-corrected chi connectivity index (χ0v) is 18.3. The number of rotatable bonds is 8. The fourth-order valence-electron chi connectivity index (χ4n) is 4.71. The number of benzene rings is 2. The fourth-order valence-corrected chi connectivity index (χ4v) is 4.71. The van der Waals surface area contributed by atoms with Crippen LogP contribution >= 0.6 is 0 Å². The number of amides is 2. The number of fused-ring (bicyclic) bond motifs is 3. The molecule has 2 aromatic rings. The van der Waals surface area contributed by atoms with E-state index in [2.05, 4.69) is 29.6 Å². The molecule has 0 unspecified atom stereocenters. The summed E-state index contributed by atoms with van der Waals surface area (Å²) in [5.41, 5.74) is 4.64. The molecule has 2 atom stereocenters. The molecule has 33 heavy (non-hydrogen) atoms. The van der Waals surface area contributed by atoms with Gasteiger partial charge >= 0.3 is 12.1 Å². The van der Waals surface area contributed by atoms with Crippen LogP contribution in [0.2, 0.25) is 0 Å². The molecule has 3 N–H and O–H groups in total. The predicted molar refractivity (Wildman–Crippen MR) is 121 cm³/mol. The maximum Gasteiger partial charge on any atom is 0.407 e. The van der Waals surface area contributed by atoms with Crippen LogP contribution in [0.3, 0.4) is 0 Å². The normalized spacial score (nSPS) is 19.1. The lowest BCUT2D eigenvalue weighted by atomic mass is 9.98. The van der Waals surface area contributed by atoms with Crippen molar-refractivity contribution in [1.82, 2.24) is 10.2 Å². The monoisotopic (exact) mass is 452 g/mol. The van der Waals surface area contributed by atoms with Crippen LogP contribution in [0.5, 0.6) is 0 Å². The molecule has 1 fully saturated rings. The number of ether oxygens (including phenoxy) is 1. The van der Waals surface area contributed by atoms with Crippen LogP contribution in [0.4, 0.5) is 4.79 Å². The Morgan fingerprint density at radius 1 is 1.00 bits per heavy atom. The van der Waals surface area contributed by atoms with Gasteiger partial charge < -0.3 is 25.2 Å². The average Bonchev–Trinajstić information content (AvgIpc) is 3.36. The molecule has 8 heteroatoms. The van der Waals surface area contributed by atoms with Crippen LogP contribution in [0, 0.1) is 0 Å². The molecule has 0 spiro atoms. The molecule has 2 aliphatic rings. The molecule has 1 heterocycles. The Balaban J connectivity index is 1.19. The Morgan fingerprint density at radius 3 is 2.27 bits per heavy atom. The standard InChI is InChI=1S/C25H28N2O6/c28-16-13-22(24(30)31)27(14-16)23(29)11-5-6-12-26-25(32)33-15-21-19-9-3-1-7-17(19)18-8-2-4-10-20(18)21/h1-4,7-10,16,21-22,28H,5-6,11-15H2,(H,26,32)(H,30,31)/t16-,22+/m1/s1. The second-order valence-electron chi connectivity index (χ2n) is 8.50. The first-order valence-corrected chi connectivity index (χ1v) is 11.2. The van der Waals surface area contributed by atoms with E-state index in [1.165, 1.54) is 16.0 Å². The zero-order chi connectivity index (χ0) is 23.4. The number of aliphatic hydroxyl groups is 1. The van der Waals surface area contributed by atoms with Crippen LogP contribution in [-0.4, -0.2) is 64.9 Å². The number of carboxylic acids is 1. The van der Waals surface area contributed by atoms with Crippen molar-refractivity contribution in [2.75, 3.05) is 19.7 Å². The average molecular weight is 453 g/mol. The summed E-state index contributed by atoms with van der Waals surface area (Å²) >= 11 is 0. The molecule has 8 nitrogen and oxygen atoms in total. The molecular formula is C25H28N2O6. The number of carbonyl (C=O) groups excluding carboxylic acids is 2. The summed E-state index contributed by atoms with van der Waals surface area (Å²) in [4.78, 5) is 36.9. The first-order valence-electron chi connectivity index (χ1n) is 11.2. The first-order chi connectivity index (χ1) is 16.0. The van der Waals surface area contributed by atoms with E-state index in [4.69, 9.17) is 4.74 Å². The molecule has 2 aromatic carbocycles. The van der Waals surface area contributed by atoms with Gasteiger partial charge in [-0.1, -0.05) is 48.5 Å². The van der Waals surface area contributed by atoms with Gasteiger partial charge in [-0.15, -0.1) is 0 Å². The van der Waals surface area contributed by atoms with Gasteiger partial charge in [0, 0.05) is 31.8 Å². The SMILES string of the molecule is O=C(NCCCCC(=O)N1C[C@H](O)C[C@H]1C(=O)O)OCC1c2ccccc2-c2ccccc21. The van der Waals surface area contributed by atoms with Gasteiger partial charge in [-0.2, -0.15) is 0 Å². The van der Waals surface area contributed by atoms with E-state index in [1.54, 1.807) is 0 Å². The molecule has 4 rings (SSSR count). The number of nitrogens with one attached hydrogen (secondary N) is 1. The number of hydrogen-bond donors (Lipinski definition) is 3. The number of nitrogens with zero attached hydrogens (tertiary/aromatic N) is 1. The van der Waals surface area contributed by atoms with Gasteiger partial charge in [0.2, 0.25) is 5.91 Å². The number of carbonyl (C=O) groups is 3. The summed E-state index contributed by atoms with van der Waals surface area (Å²) in [7, 11) is 0. The number of aliphatic carboxylic acids is 1. The van der Waals surface area contributed by atoms with Gasteiger partial charge in [0.1, 0.15) is 12.6 Å². The minimum absolute atomic E-state index is 0.00114. The molecule has 0 radical (unpaired) electrons. The van der Waals surface area contributed by atoms with Crippen LogP contribution < -0.4 is 5.32 Å². The minimum Gasteiger partial charge on any atom is -0.480 e. The van der Waals surface area contributed by atoms with Crippen molar-refractivity contribution in [2.45, 2.75) is 43.7 Å². The lowest BCUT2D eigenvalue weighted by molar-refractivity contribution is -0.148. The number of β-amino-alcohol motifs (C(OH)–C–C–N with tert-alkyl or cyclic N) is 1. The maximum atomic E-state index is 12.3. The second-order valence-corrected chi connectivity index (χ2v) is 8.50. The van der Waals surface area contributed by atoms with Crippen molar-refractivity contribution in [3.8, 4) is 11.1 Å². The third kappa shape index (κ3) is 5.01. The van der Waals surface area contributed by atoms with E-state index in [0.717, 1.165) is 11.1 Å². The van der Waals surface area contributed by atoms with Crippen LogP contribution in [0.1, 0.15) is 42.7 Å². The Morgan fingerprint density at radius 2 is 1.64 bits per heavy atom. The Hall–Kier alpha value is -3.39. The van der Waals surface area contributed by atoms with Crippen molar-refractivity contribution < 1.29 is 29.3 Å². The molecule has 0 aromatic heterocycles. The molecule has 0 bridgehead atoms. The summed E-state index contributed by atoms with van der Waals surface area (Å²) in [5.74, 6) is -1.39. The minimum atomic E-state index is -1.10. The van der Waals surface area contributed by atoms with Gasteiger partial charge in [0.05, 0.1) is 6.10 Å². The molecule has 0 saturated carbocycles. The third-order valence-corrected chi connectivity index (χ3v) is 6.31. The lowest BCUT2D eigenvalue weighted by Crippen LogP contribution is -2.40. The predicted octanol–water partition coefficient (Wildman–Crippen LogP) is 2.74. The summed E-state index contributed by atoms with van der Waals surface area (Å²) in [6.07, 6.45) is -0.0132. The van der Waals surface area contributed by atoms with Crippen LogP contribution in [0.25, 0.3) is 11.1 Å². The molecule has 1 aliphatic carbocycles. The van der Waals surface area contributed by atoms with E-state index in [1.807, 2.05) is 24.3 Å². The molecule has 174 valence electrons. The summed E-state index contributed by atoms with van der Waals surface area (Å²) in [6, 6.07) is 15.3. The van der Waals surface area contributed by atoms with Gasteiger partial charge in [0.25, 0.3) is 0 Å². The van der Waals surface area contributed by atoms with E-state index in [0.29, 0.717) is 19.4 Å². The maximum absolute atomic E-state index is 12.3. The Labute approximate surface area is 192 Å². The quantitative estimate of drug-likeness (QED) is 0.531. The summed E-state index contributed by atoms with van der Waals surface area (Å²) in [6.45, 7) is 0.648. The number of carboxylic acid groups (broad SMARTS) is 1. The number of hydrogen-bond acceptors (Lipinski definition) is 5. The molecule has 1 saturated heterocycles. The Bertz CT molecular complexity index is 994. The van der Waals surface area contributed by atoms with E-state index < -0.39 is 24.2 Å². The summed E-state index contributed by atoms with van der Waals surface area (Å²) < 4.78 is 5.48. The van der Waals surface area contributed by atoms with Gasteiger partial charge in [0.15, 0.2) is 0 Å². The van der Waals surface area contributed by atoms with E-state index >= 15 is 0 Å². The van der Waals surface area contributed by atoms with Crippen molar-refractivity contribution >= 4 is 18.0 Å². The van der Waals surface area contributed by atoms with Crippen molar-refractivity contribution in [1.29, 1.82) is 0 Å². The number of unbranched alkanes of at least 4 members (excludes halogenated alkanes) is 1. The smallest absolute Gasteiger partial charge is 0.407 e. The number of alkyl carbamates (subject to hydrolysis) is 1.